The molecule has 4 heteroatoms. The summed E-state index contributed by atoms with van der Waals surface area (Å²) in [6.07, 6.45) is 7.51. The number of hydrogen-bond acceptors (Lipinski definition) is 4. The highest BCUT2D eigenvalue weighted by Gasteiger charge is 2.38. The molecule has 1 aromatic heterocycles. The minimum absolute atomic E-state index is 0.370. The Morgan fingerprint density at radius 1 is 1.31 bits per heavy atom. The van der Waals surface area contributed by atoms with Crippen LogP contribution >= 0.6 is 0 Å². The summed E-state index contributed by atoms with van der Waals surface area (Å²) in [4.78, 5) is 10.7. The van der Waals surface area contributed by atoms with Gasteiger partial charge in [0.25, 0.3) is 0 Å². The molecule has 88 valence electrons. The lowest BCUT2D eigenvalue weighted by Crippen LogP contribution is -2.56. The van der Waals surface area contributed by atoms with Gasteiger partial charge in [0.15, 0.2) is 0 Å². The van der Waals surface area contributed by atoms with Crippen molar-refractivity contribution in [3.63, 3.8) is 0 Å². The van der Waals surface area contributed by atoms with Crippen molar-refractivity contribution in [3.8, 4) is 0 Å². The van der Waals surface area contributed by atoms with Crippen LogP contribution in [0, 0.1) is 0 Å². The molecule has 1 saturated carbocycles. The molecule has 2 rings (SSSR count). The first-order valence-corrected chi connectivity index (χ1v) is 5.87. The molecule has 1 N–H and O–H groups in total. The van der Waals surface area contributed by atoms with Crippen molar-refractivity contribution in [1.29, 1.82) is 0 Å². The predicted molar refractivity (Wildman–Crippen MR) is 64.0 cm³/mol. The van der Waals surface area contributed by atoms with Crippen LogP contribution in [0.15, 0.2) is 18.5 Å². The lowest BCUT2D eigenvalue weighted by molar-refractivity contribution is 0.0596. The van der Waals surface area contributed by atoms with E-state index in [1.165, 1.54) is 19.3 Å². The summed E-state index contributed by atoms with van der Waals surface area (Å²) in [5.74, 6) is 0.871. The van der Waals surface area contributed by atoms with E-state index in [0.717, 1.165) is 18.9 Å². The molecule has 1 heterocycles. The Balaban J connectivity index is 1.79. The van der Waals surface area contributed by atoms with Gasteiger partial charge in [-0.3, -0.25) is 0 Å². The van der Waals surface area contributed by atoms with Crippen LogP contribution in [0.5, 0.6) is 0 Å². The number of likely N-dealkylation sites (N-methyl/N-ethyl adjacent to an activating group) is 1. The molecule has 0 spiro atoms. The maximum absolute atomic E-state index is 4.20. The van der Waals surface area contributed by atoms with E-state index in [1.807, 2.05) is 6.07 Å². The monoisotopic (exact) mass is 220 g/mol. The molecular weight excluding hydrogens is 200 g/mol. The Kier molecular flexibility index (Phi) is 3.51. The van der Waals surface area contributed by atoms with E-state index < -0.39 is 0 Å². The van der Waals surface area contributed by atoms with Gasteiger partial charge in [0.1, 0.15) is 5.82 Å². The number of nitrogens with one attached hydrogen (secondary N) is 1. The molecule has 0 unspecified atom stereocenters. The minimum Gasteiger partial charge on any atom is -0.308 e. The van der Waals surface area contributed by atoms with Crippen molar-refractivity contribution >= 4 is 0 Å². The van der Waals surface area contributed by atoms with Crippen LogP contribution in [0.4, 0.5) is 0 Å². The van der Waals surface area contributed by atoms with Crippen molar-refractivity contribution in [2.75, 3.05) is 20.6 Å². The van der Waals surface area contributed by atoms with Crippen LogP contribution in [0.3, 0.4) is 0 Å². The molecule has 1 aliphatic rings. The van der Waals surface area contributed by atoms with E-state index in [2.05, 4.69) is 34.3 Å². The zero-order valence-electron chi connectivity index (χ0n) is 10.1. The molecule has 0 radical (unpaired) electrons. The molecule has 0 atom stereocenters. The first-order valence-electron chi connectivity index (χ1n) is 5.87. The second kappa shape index (κ2) is 4.89. The Bertz CT molecular complexity index is 319. The van der Waals surface area contributed by atoms with Gasteiger partial charge in [0.05, 0.1) is 6.54 Å². The molecule has 16 heavy (non-hydrogen) atoms. The topological polar surface area (TPSA) is 41.0 Å². The molecule has 1 fully saturated rings. The predicted octanol–water partition coefficient (Wildman–Crippen LogP) is 1.05. The maximum Gasteiger partial charge on any atom is 0.141 e. The number of aromatic nitrogens is 2. The molecule has 4 nitrogen and oxygen atoms in total. The summed E-state index contributed by atoms with van der Waals surface area (Å²) in [6, 6.07) is 1.84. The largest absolute Gasteiger partial charge is 0.308 e. The zero-order valence-corrected chi connectivity index (χ0v) is 10.1. The van der Waals surface area contributed by atoms with Crippen LogP contribution < -0.4 is 5.32 Å². The third-order valence-corrected chi connectivity index (χ3v) is 3.59. The molecule has 0 aliphatic heterocycles. The van der Waals surface area contributed by atoms with E-state index in [1.54, 1.807) is 12.4 Å². The normalized spacial score (nSPS) is 18.4. The van der Waals surface area contributed by atoms with E-state index in [4.69, 9.17) is 0 Å². The average molecular weight is 220 g/mol. The van der Waals surface area contributed by atoms with Crippen LogP contribution in [0.2, 0.25) is 0 Å². The van der Waals surface area contributed by atoms with Gasteiger partial charge < -0.3 is 10.2 Å². The number of nitrogens with zero attached hydrogens (tertiary/aromatic N) is 3. The fraction of sp³-hybridized carbons (Fsp3) is 0.667. The summed E-state index contributed by atoms with van der Waals surface area (Å²) in [7, 11) is 4.33. The lowest BCUT2D eigenvalue weighted by Gasteiger charge is -2.47. The minimum atomic E-state index is 0.370. The molecule has 0 saturated heterocycles. The molecule has 1 aromatic rings. The van der Waals surface area contributed by atoms with E-state index >= 15 is 0 Å². The van der Waals surface area contributed by atoms with Crippen molar-refractivity contribution in [2.24, 2.45) is 0 Å². The number of hydrogen-bond donors (Lipinski definition) is 1. The Morgan fingerprint density at radius 3 is 2.50 bits per heavy atom. The third-order valence-electron chi connectivity index (χ3n) is 3.59. The van der Waals surface area contributed by atoms with Gasteiger partial charge in [0.2, 0.25) is 0 Å². The van der Waals surface area contributed by atoms with Gasteiger partial charge in [-0.25, -0.2) is 9.97 Å². The molecule has 0 aromatic carbocycles. The lowest BCUT2D eigenvalue weighted by atomic mass is 9.75. The highest BCUT2D eigenvalue weighted by molar-refractivity contribution is 4.98. The van der Waals surface area contributed by atoms with E-state index in [-0.39, 0.29) is 0 Å². The summed E-state index contributed by atoms with van der Waals surface area (Å²) in [5, 5.41) is 3.46. The van der Waals surface area contributed by atoms with Gasteiger partial charge in [-0.15, -0.1) is 0 Å². The average Bonchev–Trinajstić information content (AvgIpc) is 2.23. The van der Waals surface area contributed by atoms with Crippen molar-refractivity contribution in [1.82, 2.24) is 20.2 Å². The number of rotatable bonds is 5. The van der Waals surface area contributed by atoms with E-state index in [9.17, 15) is 0 Å². The maximum atomic E-state index is 4.20. The van der Waals surface area contributed by atoms with Crippen molar-refractivity contribution in [3.05, 3.63) is 24.3 Å². The summed E-state index contributed by atoms with van der Waals surface area (Å²) < 4.78 is 0. The van der Waals surface area contributed by atoms with Crippen LogP contribution in [0.25, 0.3) is 0 Å². The third kappa shape index (κ3) is 2.39. The second-order valence-electron chi connectivity index (χ2n) is 4.74. The molecule has 0 bridgehead atoms. The van der Waals surface area contributed by atoms with Gasteiger partial charge in [-0.2, -0.15) is 0 Å². The van der Waals surface area contributed by atoms with Crippen molar-refractivity contribution in [2.45, 2.75) is 31.3 Å². The Hall–Kier alpha value is -1.00. The molecular formula is C12H20N4. The Morgan fingerprint density at radius 2 is 2.00 bits per heavy atom. The SMILES string of the molecule is CN(C)C1(CNCc2ncccn2)CCC1. The summed E-state index contributed by atoms with van der Waals surface area (Å²) in [6.45, 7) is 1.79. The zero-order chi connectivity index (χ0) is 11.4. The summed E-state index contributed by atoms with van der Waals surface area (Å²) in [5.41, 5.74) is 0.370. The van der Waals surface area contributed by atoms with Crippen LogP contribution in [-0.4, -0.2) is 41.0 Å². The molecule has 1 aliphatic carbocycles. The smallest absolute Gasteiger partial charge is 0.141 e. The fourth-order valence-corrected chi connectivity index (χ4v) is 2.20. The van der Waals surface area contributed by atoms with Gasteiger partial charge >= 0.3 is 0 Å². The summed E-state index contributed by atoms with van der Waals surface area (Å²) >= 11 is 0. The van der Waals surface area contributed by atoms with Gasteiger partial charge in [0, 0.05) is 24.5 Å². The van der Waals surface area contributed by atoms with Crippen molar-refractivity contribution < 1.29 is 0 Å². The quantitative estimate of drug-likeness (QED) is 0.805. The first-order chi connectivity index (χ1) is 7.73. The Labute approximate surface area is 97.1 Å². The van der Waals surface area contributed by atoms with Crippen LogP contribution in [-0.2, 0) is 6.54 Å². The molecule has 0 amide bonds. The van der Waals surface area contributed by atoms with E-state index in [0.29, 0.717) is 5.54 Å². The van der Waals surface area contributed by atoms with Crippen LogP contribution in [0.1, 0.15) is 25.1 Å². The highest BCUT2D eigenvalue weighted by atomic mass is 15.2. The van der Waals surface area contributed by atoms with Gasteiger partial charge in [-0.05, 0) is 39.4 Å². The fourth-order valence-electron chi connectivity index (χ4n) is 2.20. The highest BCUT2D eigenvalue weighted by Crippen LogP contribution is 2.35. The van der Waals surface area contributed by atoms with Gasteiger partial charge in [-0.1, -0.05) is 0 Å². The standard InChI is InChI=1S/C12H20N4/c1-16(2)12(5-3-6-12)10-13-9-11-14-7-4-8-15-11/h4,7-8,13H,3,5-6,9-10H2,1-2H3. The second-order valence-corrected chi connectivity index (χ2v) is 4.74. The first kappa shape index (κ1) is 11.5.